The van der Waals surface area contributed by atoms with Crippen LogP contribution in [0.25, 0.3) is 11.1 Å². The lowest BCUT2D eigenvalue weighted by atomic mass is 9.98. The monoisotopic (exact) mass is 450 g/mol. The quantitative estimate of drug-likeness (QED) is 0.478. The van der Waals surface area contributed by atoms with Crippen LogP contribution in [0.4, 0.5) is 4.79 Å². The fourth-order valence-corrected chi connectivity index (χ4v) is 4.53. The minimum Gasteiger partial charge on any atom is -0.481 e. The lowest BCUT2D eigenvalue weighted by molar-refractivity contribution is -0.141. The van der Waals surface area contributed by atoms with E-state index in [-0.39, 0.29) is 30.3 Å². The number of hydrogen-bond acceptors (Lipinski definition) is 4. The second kappa shape index (κ2) is 10.1. The SMILES string of the molecule is CC(CCCNC(=O)C1CC1CNC(=O)OCC1c2ccccc2-c2ccccc21)C(=O)O. The van der Waals surface area contributed by atoms with Crippen molar-refractivity contribution in [2.45, 2.75) is 32.1 Å². The van der Waals surface area contributed by atoms with Crippen LogP contribution in [0.15, 0.2) is 48.5 Å². The van der Waals surface area contributed by atoms with Crippen LogP contribution in [0.2, 0.25) is 0 Å². The Morgan fingerprint density at radius 2 is 1.67 bits per heavy atom. The van der Waals surface area contributed by atoms with Crippen LogP contribution in [0.1, 0.15) is 43.2 Å². The number of carboxylic acids is 1. The average molecular weight is 451 g/mol. The zero-order valence-corrected chi connectivity index (χ0v) is 18.8. The van der Waals surface area contributed by atoms with Gasteiger partial charge in [-0.15, -0.1) is 0 Å². The smallest absolute Gasteiger partial charge is 0.407 e. The largest absolute Gasteiger partial charge is 0.481 e. The van der Waals surface area contributed by atoms with E-state index < -0.39 is 18.0 Å². The molecule has 2 aromatic carbocycles. The fourth-order valence-electron chi connectivity index (χ4n) is 4.53. The van der Waals surface area contributed by atoms with Gasteiger partial charge in [-0.25, -0.2) is 4.79 Å². The number of fused-ring (bicyclic) bond motifs is 3. The first-order valence-corrected chi connectivity index (χ1v) is 11.5. The van der Waals surface area contributed by atoms with E-state index in [1.54, 1.807) is 6.92 Å². The Kier molecular flexibility index (Phi) is 6.96. The van der Waals surface area contributed by atoms with Crippen molar-refractivity contribution in [2.75, 3.05) is 19.7 Å². The highest BCUT2D eigenvalue weighted by Crippen LogP contribution is 2.44. The molecule has 0 bridgehead atoms. The molecule has 0 heterocycles. The third-order valence-electron chi connectivity index (χ3n) is 6.65. The highest BCUT2D eigenvalue weighted by Gasteiger charge is 2.42. The van der Waals surface area contributed by atoms with Crippen LogP contribution >= 0.6 is 0 Å². The van der Waals surface area contributed by atoms with E-state index in [0.717, 1.165) is 6.42 Å². The van der Waals surface area contributed by atoms with Gasteiger partial charge in [0.05, 0.1) is 5.92 Å². The summed E-state index contributed by atoms with van der Waals surface area (Å²) in [5.74, 6) is -1.22. The van der Waals surface area contributed by atoms with Gasteiger partial charge in [-0.05, 0) is 47.4 Å². The van der Waals surface area contributed by atoms with Crippen molar-refractivity contribution in [1.29, 1.82) is 0 Å². The Labute approximate surface area is 193 Å². The third kappa shape index (κ3) is 5.35. The molecular formula is C26H30N2O5. The Morgan fingerprint density at radius 1 is 1.03 bits per heavy atom. The highest BCUT2D eigenvalue weighted by molar-refractivity contribution is 5.82. The maximum atomic E-state index is 12.3. The summed E-state index contributed by atoms with van der Waals surface area (Å²) in [5.41, 5.74) is 4.71. The Bertz CT molecular complexity index is 991. The summed E-state index contributed by atoms with van der Waals surface area (Å²) >= 11 is 0. The van der Waals surface area contributed by atoms with Crippen LogP contribution in [-0.2, 0) is 14.3 Å². The highest BCUT2D eigenvalue weighted by atomic mass is 16.5. The lowest BCUT2D eigenvalue weighted by Crippen LogP contribution is -2.31. The van der Waals surface area contributed by atoms with Crippen molar-refractivity contribution in [3.63, 3.8) is 0 Å². The average Bonchev–Trinajstić information content (AvgIpc) is 3.54. The number of rotatable bonds is 10. The maximum Gasteiger partial charge on any atom is 0.407 e. The van der Waals surface area contributed by atoms with E-state index in [1.165, 1.54) is 22.3 Å². The van der Waals surface area contributed by atoms with Crippen LogP contribution in [0.5, 0.6) is 0 Å². The Balaban J connectivity index is 1.17. The molecule has 1 saturated carbocycles. The van der Waals surface area contributed by atoms with Crippen molar-refractivity contribution in [3.8, 4) is 11.1 Å². The third-order valence-corrected chi connectivity index (χ3v) is 6.65. The molecule has 1 fully saturated rings. The summed E-state index contributed by atoms with van der Waals surface area (Å²) in [6, 6.07) is 16.4. The van der Waals surface area contributed by atoms with E-state index in [2.05, 4.69) is 34.9 Å². The number of hydrogen-bond donors (Lipinski definition) is 3. The van der Waals surface area contributed by atoms with Crippen molar-refractivity contribution in [2.24, 2.45) is 17.8 Å². The molecule has 0 spiro atoms. The van der Waals surface area contributed by atoms with Gasteiger partial charge in [0.15, 0.2) is 0 Å². The van der Waals surface area contributed by atoms with Gasteiger partial charge in [-0.1, -0.05) is 55.5 Å². The lowest BCUT2D eigenvalue weighted by Gasteiger charge is -2.14. The normalized spacial score (nSPS) is 19.2. The molecule has 0 aromatic heterocycles. The minimum atomic E-state index is -0.817. The maximum absolute atomic E-state index is 12.3. The number of amides is 2. The van der Waals surface area contributed by atoms with Gasteiger partial charge in [0.25, 0.3) is 0 Å². The minimum absolute atomic E-state index is 0.0199. The van der Waals surface area contributed by atoms with Crippen LogP contribution in [-0.4, -0.2) is 42.8 Å². The van der Waals surface area contributed by atoms with Gasteiger partial charge in [-0.3, -0.25) is 9.59 Å². The summed E-state index contributed by atoms with van der Waals surface area (Å²) in [6.45, 7) is 2.81. The van der Waals surface area contributed by atoms with Crippen molar-refractivity contribution in [3.05, 3.63) is 59.7 Å². The summed E-state index contributed by atoms with van der Waals surface area (Å²) < 4.78 is 5.54. The molecule has 2 aliphatic rings. The number of carbonyl (C=O) groups excluding carboxylic acids is 2. The molecule has 0 saturated heterocycles. The van der Waals surface area contributed by atoms with Gasteiger partial charge >= 0.3 is 12.1 Å². The molecule has 2 aliphatic carbocycles. The van der Waals surface area contributed by atoms with Crippen molar-refractivity contribution < 1.29 is 24.2 Å². The van der Waals surface area contributed by atoms with E-state index >= 15 is 0 Å². The van der Waals surface area contributed by atoms with Gasteiger partial charge < -0.3 is 20.5 Å². The first-order valence-electron chi connectivity index (χ1n) is 11.5. The number of benzene rings is 2. The summed E-state index contributed by atoms with van der Waals surface area (Å²) in [4.78, 5) is 35.3. The van der Waals surface area contributed by atoms with E-state index in [4.69, 9.17) is 9.84 Å². The fraction of sp³-hybridized carbons (Fsp3) is 0.423. The summed E-state index contributed by atoms with van der Waals surface area (Å²) in [6.07, 6.45) is 1.44. The molecule has 3 unspecified atom stereocenters. The first kappa shape index (κ1) is 22.8. The van der Waals surface area contributed by atoms with Gasteiger partial charge in [0.2, 0.25) is 5.91 Å². The molecule has 3 atom stereocenters. The number of aliphatic carboxylic acids is 1. The van der Waals surface area contributed by atoms with E-state index in [9.17, 15) is 14.4 Å². The molecule has 174 valence electrons. The van der Waals surface area contributed by atoms with Crippen molar-refractivity contribution >= 4 is 18.0 Å². The molecule has 2 aromatic rings. The molecule has 3 N–H and O–H groups in total. The van der Waals surface area contributed by atoms with Gasteiger partial charge in [0.1, 0.15) is 6.61 Å². The topological polar surface area (TPSA) is 105 Å². The van der Waals surface area contributed by atoms with Crippen molar-refractivity contribution in [1.82, 2.24) is 10.6 Å². The molecule has 2 amide bonds. The number of ether oxygens (including phenoxy) is 1. The van der Waals surface area contributed by atoms with Crippen LogP contribution < -0.4 is 10.6 Å². The molecule has 33 heavy (non-hydrogen) atoms. The summed E-state index contributed by atoms with van der Waals surface area (Å²) in [7, 11) is 0. The van der Waals surface area contributed by atoms with E-state index in [0.29, 0.717) is 25.9 Å². The molecule has 0 radical (unpaired) electrons. The molecule has 0 aliphatic heterocycles. The predicted molar refractivity (Wildman–Crippen MR) is 124 cm³/mol. The molecule has 7 heteroatoms. The first-order chi connectivity index (χ1) is 16.0. The number of nitrogens with one attached hydrogen (secondary N) is 2. The number of alkyl carbamates (subject to hydrolysis) is 1. The zero-order chi connectivity index (χ0) is 23.4. The Morgan fingerprint density at radius 3 is 2.30 bits per heavy atom. The molecule has 7 nitrogen and oxygen atoms in total. The predicted octanol–water partition coefficient (Wildman–Crippen LogP) is 3.78. The van der Waals surface area contributed by atoms with E-state index in [1.807, 2.05) is 24.3 Å². The number of carbonyl (C=O) groups is 3. The zero-order valence-electron chi connectivity index (χ0n) is 18.8. The summed E-state index contributed by atoms with van der Waals surface area (Å²) in [5, 5.41) is 14.5. The second-order valence-corrected chi connectivity index (χ2v) is 8.98. The van der Waals surface area contributed by atoms with Gasteiger partial charge in [0, 0.05) is 24.9 Å². The Hall–Kier alpha value is -3.35. The standard InChI is InChI=1S/C26H30N2O5/c1-16(25(30)31)7-6-12-27-24(29)22-13-17(22)14-28-26(32)33-15-23-20-10-4-2-8-18(20)19-9-3-5-11-21(19)23/h2-5,8-11,16-17,22-23H,6-7,12-15H2,1H3,(H,27,29)(H,28,32)(H,30,31). The molecular weight excluding hydrogens is 420 g/mol. The van der Waals surface area contributed by atoms with Crippen LogP contribution in [0, 0.1) is 17.8 Å². The second-order valence-electron chi connectivity index (χ2n) is 8.98. The van der Waals surface area contributed by atoms with Crippen LogP contribution in [0.3, 0.4) is 0 Å². The molecule has 4 rings (SSSR count). The number of carboxylic acid groups (broad SMARTS) is 1. The van der Waals surface area contributed by atoms with Gasteiger partial charge in [-0.2, -0.15) is 0 Å².